The Morgan fingerprint density at radius 1 is 0.800 bits per heavy atom. The van der Waals surface area contributed by atoms with Crippen molar-refractivity contribution < 1.29 is 0 Å². The van der Waals surface area contributed by atoms with Crippen molar-refractivity contribution in [3.63, 3.8) is 0 Å². The Balaban J connectivity index is 0.000000461. The molecule has 0 saturated carbocycles. The zero-order valence-electron chi connectivity index (χ0n) is 13.7. The van der Waals surface area contributed by atoms with E-state index in [4.69, 9.17) is 0 Å². The number of fused-ring (bicyclic) bond motifs is 3. The van der Waals surface area contributed by atoms with Gasteiger partial charge in [-0.3, -0.25) is 0 Å². The first-order valence-electron chi connectivity index (χ1n) is 7.77. The van der Waals surface area contributed by atoms with Crippen LogP contribution in [0.15, 0.2) is 42.5 Å². The molecule has 2 aromatic carbocycles. The fraction of sp³-hybridized carbons (Fsp3) is 0.368. The van der Waals surface area contributed by atoms with Gasteiger partial charge in [-0.25, -0.2) is 0 Å². The van der Waals surface area contributed by atoms with Crippen molar-refractivity contribution in [2.24, 2.45) is 7.05 Å². The highest BCUT2D eigenvalue weighted by Gasteiger charge is 2.06. The topological polar surface area (TPSA) is 4.93 Å². The summed E-state index contributed by atoms with van der Waals surface area (Å²) in [6, 6.07) is 15.4. The summed E-state index contributed by atoms with van der Waals surface area (Å²) in [5.74, 6) is 0. The second kappa shape index (κ2) is 7.74. The van der Waals surface area contributed by atoms with Gasteiger partial charge in [-0.05, 0) is 30.2 Å². The molecule has 20 heavy (non-hydrogen) atoms. The third-order valence-corrected chi connectivity index (χ3v) is 3.39. The smallest absolute Gasteiger partial charge is 0.0488 e. The van der Waals surface area contributed by atoms with Gasteiger partial charge in [0.1, 0.15) is 0 Å². The number of hydrogen-bond donors (Lipinski definition) is 0. The van der Waals surface area contributed by atoms with Gasteiger partial charge >= 0.3 is 0 Å². The maximum Gasteiger partial charge on any atom is 0.0488 e. The second-order valence-corrected chi connectivity index (χ2v) is 4.28. The van der Waals surface area contributed by atoms with E-state index in [-0.39, 0.29) is 0 Å². The molecule has 1 nitrogen and oxygen atoms in total. The van der Waals surface area contributed by atoms with Gasteiger partial charge in [-0.2, -0.15) is 0 Å². The molecule has 3 rings (SSSR count). The Morgan fingerprint density at radius 3 is 2.05 bits per heavy atom. The summed E-state index contributed by atoms with van der Waals surface area (Å²) in [5, 5.41) is 2.73. The normalized spacial score (nSPS) is 9.70. The Kier molecular flexibility index (Phi) is 6.30. The lowest BCUT2D eigenvalue weighted by atomic mass is 10.1. The van der Waals surface area contributed by atoms with E-state index in [2.05, 4.69) is 61.0 Å². The van der Waals surface area contributed by atoms with Crippen LogP contribution in [0.1, 0.15) is 40.2 Å². The van der Waals surface area contributed by atoms with Crippen molar-refractivity contribution in [3.05, 3.63) is 48.0 Å². The lowest BCUT2D eigenvalue weighted by molar-refractivity contribution is 1.01. The van der Waals surface area contributed by atoms with Gasteiger partial charge in [0.25, 0.3) is 0 Å². The number of benzene rings is 2. The summed E-state index contributed by atoms with van der Waals surface area (Å²) in [6.07, 6.45) is 1.10. The molecular formula is C19H27N. The van der Waals surface area contributed by atoms with Crippen molar-refractivity contribution in [1.82, 2.24) is 4.57 Å². The summed E-state index contributed by atoms with van der Waals surface area (Å²) >= 11 is 0. The summed E-state index contributed by atoms with van der Waals surface area (Å²) in [5.41, 5.74) is 4.04. The van der Waals surface area contributed by atoms with Crippen molar-refractivity contribution >= 4 is 21.8 Å². The molecular weight excluding hydrogens is 242 g/mol. The van der Waals surface area contributed by atoms with Gasteiger partial charge in [0, 0.05) is 28.9 Å². The largest absolute Gasteiger partial charge is 0.344 e. The van der Waals surface area contributed by atoms with Crippen molar-refractivity contribution in [2.45, 2.75) is 41.0 Å². The van der Waals surface area contributed by atoms with E-state index >= 15 is 0 Å². The van der Waals surface area contributed by atoms with Crippen LogP contribution >= 0.6 is 0 Å². The predicted octanol–water partition coefficient (Wildman–Crippen LogP) is 5.95. The summed E-state index contributed by atoms with van der Waals surface area (Å²) in [6.45, 7) is 10.2. The highest BCUT2D eigenvalue weighted by atomic mass is 14.9. The molecule has 3 aromatic rings. The molecule has 0 aliphatic rings. The van der Waals surface area contributed by atoms with Crippen LogP contribution in [0.4, 0.5) is 0 Å². The molecule has 0 bridgehead atoms. The Morgan fingerprint density at radius 2 is 1.40 bits per heavy atom. The van der Waals surface area contributed by atoms with Crippen LogP contribution in [-0.2, 0) is 13.5 Å². The molecule has 0 aliphatic heterocycles. The molecule has 0 atom stereocenters. The van der Waals surface area contributed by atoms with Crippen LogP contribution in [0, 0.1) is 0 Å². The zero-order valence-corrected chi connectivity index (χ0v) is 13.7. The summed E-state index contributed by atoms with van der Waals surface area (Å²) < 4.78 is 2.27. The molecule has 0 spiro atoms. The first-order valence-corrected chi connectivity index (χ1v) is 7.77. The molecule has 1 aromatic heterocycles. The predicted molar refractivity (Wildman–Crippen MR) is 92.5 cm³/mol. The Hall–Kier alpha value is -1.76. The average Bonchev–Trinajstić information content (AvgIpc) is 2.84. The van der Waals surface area contributed by atoms with E-state index in [9.17, 15) is 0 Å². The highest BCUT2D eigenvalue weighted by Crippen LogP contribution is 2.28. The van der Waals surface area contributed by atoms with Crippen LogP contribution < -0.4 is 0 Å². The maximum atomic E-state index is 2.32. The van der Waals surface area contributed by atoms with Crippen LogP contribution in [0.3, 0.4) is 0 Å². The molecule has 108 valence electrons. The van der Waals surface area contributed by atoms with Crippen LogP contribution in [0.25, 0.3) is 21.8 Å². The lowest BCUT2D eigenvalue weighted by Gasteiger charge is -1.99. The molecule has 0 amide bonds. The lowest BCUT2D eigenvalue weighted by Crippen LogP contribution is -1.86. The van der Waals surface area contributed by atoms with Gasteiger partial charge in [0.2, 0.25) is 0 Å². The quantitative estimate of drug-likeness (QED) is 0.514. The highest BCUT2D eigenvalue weighted by molar-refractivity contribution is 6.08. The zero-order chi connectivity index (χ0) is 15.1. The Labute approximate surface area is 123 Å². The minimum atomic E-state index is 1.10. The van der Waals surface area contributed by atoms with Gasteiger partial charge < -0.3 is 4.57 Å². The molecule has 1 heterocycles. The standard InChI is InChI=1S/C15H15N.2C2H6/c1-3-11-8-9-15-13(10-11)12-6-4-5-7-14(12)16(15)2;2*1-2/h4-10H,3H2,1-2H3;2*1-2H3. The van der Waals surface area contributed by atoms with E-state index in [0.717, 1.165) is 6.42 Å². The maximum absolute atomic E-state index is 2.32. The molecule has 0 N–H and O–H groups in total. The number of hydrogen-bond acceptors (Lipinski definition) is 0. The van der Waals surface area contributed by atoms with Gasteiger partial charge in [0.05, 0.1) is 0 Å². The third kappa shape index (κ3) is 2.87. The van der Waals surface area contributed by atoms with Crippen LogP contribution in [-0.4, -0.2) is 4.57 Å². The average molecular weight is 269 g/mol. The number of rotatable bonds is 1. The van der Waals surface area contributed by atoms with Gasteiger partial charge in [-0.15, -0.1) is 0 Å². The third-order valence-electron chi connectivity index (χ3n) is 3.39. The second-order valence-electron chi connectivity index (χ2n) is 4.28. The fourth-order valence-electron chi connectivity index (χ4n) is 2.43. The Bertz CT molecular complexity index is 662. The van der Waals surface area contributed by atoms with Crippen molar-refractivity contribution in [2.75, 3.05) is 0 Å². The fourth-order valence-corrected chi connectivity index (χ4v) is 2.43. The summed E-state index contributed by atoms with van der Waals surface area (Å²) in [4.78, 5) is 0. The van der Waals surface area contributed by atoms with Crippen molar-refractivity contribution in [1.29, 1.82) is 0 Å². The molecule has 0 saturated heterocycles. The van der Waals surface area contributed by atoms with Gasteiger partial charge in [-0.1, -0.05) is 58.9 Å². The van der Waals surface area contributed by atoms with E-state index < -0.39 is 0 Å². The molecule has 0 radical (unpaired) electrons. The van der Waals surface area contributed by atoms with Crippen LogP contribution in [0.5, 0.6) is 0 Å². The first-order chi connectivity index (χ1) is 9.81. The summed E-state index contributed by atoms with van der Waals surface area (Å²) in [7, 11) is 2.14. The SMILES string of the molecule is CC.CC.CCc1ccc2c(c1)c1ccccc1n2C. The van der Waals surface area contributed by atoms with Crippen LogP contribution in [0.2, 0.25) is 0 Å². The number of para-hydroxylation sites is 1. The number of aromatic nitrogens is 1. The van der Waals surface area contributed by atoms with E-state index in [0.29, 0.717) is 0 Å². The van der Waals surface area contributed by atoms with Gasteiger partial charge in [0.15, 0.2) is 0 Å². The van der Waals surface area contributed by atoms with E-state index in [1.165, 1.54) is 27.4 Å². The molecule has 0 fully saturated rings. The van der Waals surface area contributed by atoms with Crippen molar-refractivity contribution in [3.8, 4) is 0 Å². The van der Waals surface area contributed by atoms with E-state index in [1.807, 2.05) is 27.7 Å². The number of aryl methyl sites for hydroxylation is 2. The molecule has 1 heteroatoms. The molecule has 0 unspecified atom stereocenters. The molecule has 0 aliphatic carbocycles. The van der Waals surface area contributed by atoms with E-state index in [1.54, 1.807) is 0 Å². The number of nitrogens with zero attached hydrogens (tertiary/aromatic N) is 1. The first kappa shape index (κ1) is 16.3. The monoisotopic (exact) mass is 269 g/mol. The minimum Gasteiger partial charge on any atom is -0.344 e. The minimum absolute atomic E-state index is 1.10.